The van der Waals surface area contributed by atoms with Gasteiger partial charge in [-0.1, -0.05) is 81.4 Å². The van der Waals surface area contributed by atoms with Gasteiger partial charge in [0.1, 0.15) is 0 Å². The van der Waals surface area contributed by atoms with Gasteiger partial charge in [-0.15, -0.1) is 0 Å². The number of fused-ring (bicyclic) bond motifs is 3. The molecule has 1 aliphatic rings. The first-order valence-electron chi connectivity index (χ1n) is 10.8. The molecule has 0 radical (unpaired) electrons. The molecule has 1 nitrogen and oxygen atoms in total. The lowest BCUT2D eigenvalue weighted by Gasteiger charge is -2.28. The van der Waals surface area contributed by atoms with Gasteiger partial charge in [-0.05, 0) is 70.6 Å². The van der Waals surface area contributed by atoms with Crippen LogP contribution in [0, 0.1) is 0 Å². The molecule has 5 rings (SSSR count). The predicted octanol–water partition coefficient (Wildman–Crippen LogP) is 8.03. The fourth-order valence-corrected chi connectivity index (χ4v) is 4.74. The Labute approximate surface area is 179 Å². The molecule has 0 bridgehead atoms. The smallest absolute Gasteiger partial charge is 0.0465 e. The lowest BCUT2D eigenvalue weighted by atomic mass is 9.82. The van der Waals surface area contributed by atoms with Crippen molar-refractivity contribution in [3.8, 4) is 11.1 Å². The molecule has 30 heavy (non-hydrogen) atoms. The van der Waals surface area contributed by atoms with Crippen LogP contribution in [0.2, 0.25) is 0 Å². The van der Waals surface area contributed by atoms with Crippen LogP contribution in [-0.4, -0.2) is 0 Å². The third-order valence-electron chi connectivity index (χ3n) is 6.44. The second kappa shape index (κ2) is 7.18. The van der Waals surface area contributed by atoms with Crippen LogP contribution in [0.1, 0.15) is 37.5 Å². The van der Waals surface area contributed by atoms with Crippen LogP contribution in [0.4, 0.5) is 17.1 Å². The summed E-state index contributed by atoms with van der Waals surface area (Å²) in [5.74, 6) is 0. The van der Waals surface area contributed by atoms with E-state index in [0.29, 0.717) is 0 Å². The minimum Gasteiger partial charge on any atom is -0.310 e. The summed E-state index contributed by atoms with van der Waals surface area (Å²) in [7, 11) is 0. The van der Waals surface area contributed by atoms with Crippen molar-refractivity contribution in [2.45, 2.75) is 32.6 Å². The van der Waals surface area contributed by atoms with Crippen molar-refractivity contribution >= 4 is 17.1 Å². The van der Waals surface area contributed by atoms with Crippen molar-refractivity contribution in [1.82, 2.24) is 0 Å². The summed E-state index contributed by atoms with van der Waals surface area (Å²) in [6.07, 6.45) is 1.05. The molecule has 1 heteroatoms. The van der Waals surface area contributed by atoms with E-state index in [1.54, 1.807) is 0 Å². The Balaban J connectivity index is 1.67. The van der Waals surface area contributed by atoms with Crippen LogP contribution in [-0.2, 0) is 11.8 Å². The highest BCUT2D eigenvalue weighted by molar-refractivity contribution is 5.85. The maximum atomic E-state index is 2.38. The molecular formula is C29H27N. The Morgan fingerprint density at radius 3 is 1.93 bits per heavy atom. The monoisotopic (exact) mass is 389 g/mol. The molecular weight excluding hydrogens is 362 g/mol. The molecule has 0 aromatic heterocycles. The van der Waals surface area contributed by atoms with Gasteiger partial charge in [0.05, 0.1) is 0 Å². The van der Waals surface area contributed by atoms with Gasteiger partial charge in [-0.3, -0.25) is 0 Å². The van der Waals surface area contributed by atoms with E-state index >= 15 is 0 Å². The van der Waals surface area contributed by atoms with Crippen LogP contribution < -0.4 is 4.90 Å². The lowest BCUT2D eigenvalue weighted by molar-refractivity contribution is 0.660. The first-order chi connectivity index (χ1) is 14.6. The number of hydrogen-bond donors (Lipinski definition) is 0. The third-order valence-corrected chi connectivity index (χ3v) is 6.44. The van der Waals surface area contributed by atoms with Gasteiger partial charge < -0.3 is 4.90 Å². The second-order valence-electron chi connectivity index (χ2n) is 8.59. The summed E-state index contributed by atoms with van der Waals surface area (Å²) in [5.41, 5.74) is 10.4. The van der Waals surface area contributed by atoms with Gasteiger partial charge in [0.25, 0.3) is 0 Å². The fraction of sp³-hybridized carbons (Fsp3) is 0.172. The van der Waals surface area contributed by atoms with Crippen LogP contribution in [0.3, 0.4) is 0 Å². The van der Waals surface area contributed by atoms with E-state index in [0.717, 1.165) is 6.42 Å². The van der Waals surface area contributed by atoms with Crippen molar-refractivity contribution in [3.05, 3.63) is 114 Å². The summed E-state index contributed by atoms with van der Waals surface area (Å²) in [4.78, 5) is 2.36. The van der Waals surface area contributed by atoms with Crippen molar-refractivity contribution in [2.24, 2.45) is 0 Å². The maximum Gasteiger partial charge on any atom is 0.0465 e. The van der Waals surface area contributed by atoms with Crippen LogP contribution in [0.15, 0.2) is 97.1 Å². The lowest BCUT2D eigenvalue weighted by Crippen LogP contribution is -2.16. The van der Waals surface area contributed by atoms with Crippen LogP contribution >= 0.6 is 0 Å². The minimum absolute atomic E-state index is 0.00361. The second-order valence-corrected chi connectivity index (χ2v) is 8.59. The van der Waals surface area contributed by atoms with Gasteiger partial charge in [-0.2, -0.15) is 0 Å². The Kier molecular flexibility index (Phi) is 4.47. The van der Waals surface area contributed by atoms with Gasteiger partial charge in [-0.25, -0.2) is 0 Å². The fourth-order valence-electron chi connectivity index (χ4n) is 4.74. The highest BCUT2D eigenvalue weighted by atomic mass is 15.1. The van der Waals surface area contributed by atoms with E-state index in [4.69, 9.17) is 0 Å². The van der Waals surface area contributed by atoms with Crippen molar-refractivity contribution in [2.75, 3.05) is 4.90 Å². The summed E-state index contributed by atoms with van der Waals surface area (Å²) >= 11 is 0. The molecule has 0 spiro atoms. The molecule has 0 saturated heterocycles. The Morgan fingerprint density at radius 2 is 1.20 bits per heavy atom. The number of hydrogen-bond acceptors (Lipinski definition) is 1. The van der Waals surface area contributed by atoms with E-state index in [9.17, 15) is 0 Å². The molecule has 0 atom stereocenters. The summed E-state index contributed by atoms with van der Waals surface area (Å²) in [6.45, 7) is 6.87. The quantitative estimate of drug-likeness (QED) is 0.341. The molecule has 0 N–H and O–H groups in total. The molecule has 0 heterocycles. The zero-order valence-electron chi connectivity index (χ0n) is 17.9. The van der Waals surface area contributed by atoms with E-state index in [1.807, 2.05) is 0 Å². The van der Waals surface area contributed by atoms with Gasteiger partial charge in [0.2, 0.25) is 0 Å². The molecule has 0 saturated carbocycles. The summed E-state index contributed by atoms with van der Waals surface area (Å²) < 4.78 is 0. The van der Waals surface area contributed by atoms with E-state index in [2.05, 4.69) is 123 Å². The largest absolute Gasteiger partial charge is 0.310 e. The molecule has 0 unspecified atom stereocenters. The third kappa shape index (κ3) is 2.93. The average molecular weight is 390 g/mol. The first-order valence-corrected chi connectivity index (χ1v) is 10.8. The predicted molar refractivity (Wildman–Crippen MR) is 128 cm³/mol. The topological polar surface area (TPSA) is 3.24 Å². The number of rotatable bonds is 4. The molecule has 0 fully saturated rings. The van der Waals surface area contributed by atoms with Crippen molar-refractivity contribution in [1.29, 1.82) is 0 Å². The standard InChI is InChI=1S/C29H27N/c1-4-21-14-16-23(17-15-21)30(22-10-6-5-7-11-22)24-18-19-26-25-12-8-9-13-27(25)29(2,3)28(26)20-24/h5-20H,4H2,1-3H3. The maximum absolute atomic E-state index is 2.38. The number of para-hydroxylation sites is 1. The number of benzene rings is 4. The molecule has 1 aliphatic carbocycles. The number of anilines is 3. The van der Waals surface area contributed by atoms with E-state index in [-0.39, 0.29) is 5.41 Å². The van der Waals surface area contributed by atoms with E-state index in [1.165, 1.54) is 44.9 Å². The van der Waals surface area contributed by atoms with Gasteiger partial charge in [0.15, 0.2) is 0 Å². The zero-order valence-corrected chi connectivity index (χ0v) is 17.9. The molecule has 148 valence electrons. The highest BCUT2D eigenvalue weighted by Crippen LogP contribution is 2.50. The van der Waals surface area contributed by atoms with Crippen LogP contribution in [0.25, 0.3) is 11.1 Å². The number of aryl methyl sites for hydroxylation is 1. The van der Waals surface area contributed by atoms with Crippen molar-refractivity contribution < 1.29 is 0 Å². The highest BCUT2D eigenvalue weighted by Gasteiger charge is 2.35. The van der Waals surface area contributed by atoms with E-state index < -0.39 is 0 Å². The SMILES string of the molecule is CCc1ccc(N(c2ccccc2)c2ccc3c(c2)C(C)(C)c2ccccc2-3)cc1. The minimum atomic E-state index is -0.00361. The molecule has 4 aromatic carbocycles. The Bertz CT molecular complexity index is 1190. The Hall–Kier alpha value is -3.32. The molecule has 4 aromatic rings. The molecule has 0 aliphatic heterocycles. The van der Waals surface area contributed by atoms with Crippen LogP contribution in [0.5, 0.6) is 0 Å². The van der Waals surface area contributed by atoms with Gasteiger partial charge >= 0.3 is 0 Å². The average Bonchev–Trinajstić information content (AvgIpc) is 3.02. The zero-order chi connectivity index (χ0) is 20.7. The number of nitrogens with zero attached hydrogens (tertiary/aromatic N) is 1. The normalized spacial score (nSPS) is 13.6. The molecule has 0 amide bonds. The van der Waals surface area contributed by atoms with Gasteiger partial charge in [0, 0.05) is 22.5 Å². The summed E-state index contributed by atoms with van der Waals surface area (Å²) in [5, 5.41) is 0. The Morgan fingerprint density at radius 1 is 0.600 bits per heavy atom. The first kappa shape index (κ1) is 18.7. The summed E-state index contributed by atoms with van der Waals surface area (Å²) in [6, 6.07) is 35.4. The van der Waals surface area contributed by atoms with Crippen molar-refractivity contribution in [3.63, 3.8) is 0 Å².